The van der Waals surface area contributed by atoms with Crippen molar-refractivity contribution >= 4 is 33.0 Å². The van der Waals surface area contributed by atoms with Crippen molar-refractivity contribution in [3.8, 4) is 5.75 Å². The normalized spacial score (nSPS) is 19.1. The number of likely N-dealkylation sites (N-methyl/N-ethyl adjacent to an activating group) is 1. The second-order valence-electron chi connectivity index (χ2n) is 9.52. The van der Waals surface area contributed by atoms with Crippen molar-refractivity contribution in [3.63, 3.8) is 0 Å². The van der Waals surface area contributed by atoms with Gasteiger partial charge in [-0.3, -0.25) is 14.4 Å². The molecule has 198 valence electrons. The van der Waals surface area contributed by atoms with E-state index in [-0.39, 0.29) is 45.7 Å². The van der Waals surface area contributed by atoms with Crippen LogP contribution in [-0.2, 0) is 16.6 Å². The van der Waals surface area contributed by atoms with Crippen molar-refractivity contribution in [2.45, 2.75) is 36.7 Å². The lowest BCUT2D eigenvalue weighted by Crippen LogP contribution is -2.49. The summed E-state index contributed by atoms with van der Waals surface area (Å²) in [5, 5.41) is 11.6. The molecule has 1 amide bonds. The van der Waals surface area contributed by atoms with Gasteiger partial charge in [0.05, 0.1) is 23.9 Å². The number of benzene rings is 2. The Morgan fingerprint density at radius 2 is 1.92 bits per heavy atom. The van der Waals surface area contributed by atoms with Gasteiger partial charge in [-0.25, -0.2) is 8.42 Å². The minimum atomic E-state index is -3.86. The molecule has 1 aliphatic heterocycles. The molecule has 8 nitrogen and oxygen atoms in total. The van der Waals surface area contributed by atoms with E-state index in [9.17, 15) is 18.3 Å². The number of para-hydroxylation sites is 1. The zero-order chi connectivity index (χ0) is 26.6. The molecule has 2 N–H and O–H groups in total. The van der Waals surface area contributed by atoms with Gasteiger partial charge in [0, 0.05) is 25.6 Å². The summed E-state index contributed by atoms with van der Waals surface area (Å²) in [6.07, 6.45) is -0.346. The van der Waals surface area contributed by atoms with E-state index in [1.807, 2.05) is 32.2 Å². The second kappa shape index (κ2) is 11.6. The lowest BCUT2D eigenvalue weighted by Gasteiger charge is -2.38. The van der Waals surface area contributed by atoms with Gasteiger partial charge in [0.2, 0.25) is 0 Å². The molecular weight excluding hydrogens is 510 g/mol. The summed E-state index contributed by atoms with van der Waals surface area (Å²) in [5.41, 5.74) is 1.63. The monoisotopic (exact) mass is 543 g/mol. The topological polar surface area (TPSA) is 99.2 Å². The summed E-state index contributed by atoms with van der Waals surface area (Å²) in [6.45, 7) is 5.29. The smallest absolute Gasteiger partial charge is 0.271 e. The zero-order valence-electron chi connectivity index (χ0n) is 21.2. The van der Waals surface area contributed by atoms with Crippen molar-refractivity contribution in [2.75, 3.05) is 31.5 Å². The van der Waals surface area contributed by atoms with Gasteiger partial charge in [-0.1, -0.05) is 49.4 Å². The summed E-state index contributed by atoms with van der Waals surface area (Å²) in [6, 6.07) is 17.8. The Hall–Kier alpha value is -2.92. The number of sulfonamides is 1. The molecule has 3 atom stereocenters. The molecule has 0 bridgehead atoms. The first-order chi connectivity index (χ1) is 17.7. The van der Waals surface area contributed by atoms with Gasteiger partial charge in [-0.05, 0) is 43.1 Å². The van der Waals surface area contributed by atoms with Gasteiger partial charge in [0.15, 0.2) is 5.75 Å². The van der Waals surface area contributed by atoms with E-state index >= 15 is 0 Å². The Kier molecular flexibility index (Phi) is 8.53. The van der Waals surface area contributed by atoms with Crippen molar-refractivity contribution in [1.82, 2.24) is 9.80 Å². The van der Waals surface area contributed by atoms with Crippen LogP contribution in [0.2, 0.25) is 0 Å². The summed E-state index contributed by atoms with van der Waals surface area (Å²) >= 11 is 1.11. The molecule has 2 aromatic carbocycles. The molecule has 0 unspecified atom stereocenters. The highest BCUT2D eigenvalue weighted by atomic mass is 32.2. The van der Waals surface area contributed by atoms with E-state index in [4.69, 9.17) is 4.74 Å². The average Bonchev–Trinajstić information content (AvgIpc) is 3.43. The van der Waals surface area contributed by atoms with Crippen LogP contribution in [0.5, 0.6) is 5.75 Å². The van der Waals surface area contributed by atoms with Crippen molar-refractivity contribution in [1.29, 1.82) is 0 Å². The van der Waals surface area contributed by atoms with Gasteiger partial charge in [-0.15, -0.1) is 11.3 Å². The maximum absolute atomic E-state index is 13.6. The van der Waals surface area contributed by atoms with E-state index in [1.54, 1.807) is 41.5 Å². The molecule has 2 heterocycles. The zero-order valence-corrected chi connectivity index (χ0v) is 22.8. The Balaban J connectivity index is 1.70. The van der Waals surface area contributed by atoms with Crippen LogP contribution >= 0.6 is 11.3 Å². The van der Waals surface area contributed by atoms with E-state index in [1.165, 1.54) is 11.6 Å². The number of anilines is 1. The highest BCUT2D eigenvalue weighted by Gasteiger charge is 2.35. The molecule has 0 aliphatic carbocycles. The third-order valence-corrected chi connectivity index (χ3v) is 9.25. The molecule has 3 aromatic rings. The van der Waals surface area contributed by atoms with Crippen LogP contribution in [-0.4, -0.2) is 68.1 Å². The second-order valence-corrected chi connectivity index (χ2v) is 12.4. The Morgan fingerprint density at radius 3 is 2.59 bits per heavy atom. The Morgan fingerprint density at radius 1 is 1.16 bits per heavy atom. The Bertz CT molecular complexity index is 1300. The first kappa shape index (κ1) is 27.1. The van der Waals surface area contributed by atoms with Gasteiger partial charge >= 0.3 is 0 Å². The van der Waals surface area contributed by atoms with Crippen LogP contribution in [0.25, 0.3) is 0 Å². The predicted molar refractivity (Wildman–Crippen MR) is 146 cm³/mol. The van der Waals surface area contributed by atoms with Crippen LogP contribution < -0.4 is 9.46 Å². The fourth-order valence-electron chi connectivity index (χ4n) is 4.42. The maximum Gasteiger partial charge on any atom is 0.271 e. The highest BCUT2D eigenvalue weighted by Crippen LogP contribution is 2.36. The molecule has 4 rings (SSSR count). The quantitative estimate of drug-likeness (QED) is 0.425. The molecule has 1 aliphatic rings. The summed E-state index contributed by atoms with van der Waals surface area (Å²) < 4.78 is 35.4. The minimum Gasteiger partial charge on any atom is -0.486 e. The molecule has 0 radical (unpaired) electrons. The SMILES string of the molecule is C[C@H](CO)N1C[C@H](C)[C@@H](CN(C)Cc2ccccc2)Oc2c(NS(=O)(=O)c3cccs3)cccc2C1=O. The van der Waals surface area contributed by atoms with Crippen LogP contribution in [0.15, 0.2) is 70.3 Å². The predicted octanol–water partition coefficient (Wildman–Crippen LogP) is 3.90. The number of amides is 1. The maximum atomic E-state index is 13.6. The molecule has 0 spiro atoms. The van der Waals surface area contributed by atoms with Crippen LogP contribution in [0, 0.1) is 5.92 Å². The number of nitrogens with one attached hydrogen (secondary N) is 1. The highest BCUT2D eigenvalue weighted by molar-refractivity contribution is 7.94. The summed E-state index contributed by atoms with van der Waals surface area (Å²) in [7, 11) is -1.85. The number of rotatable bonds is 9. The van der Waals surface area contributed by atoms with E-state index in [2.05, 4.69) is 21.8 Å². The van der Waals surface area contributed by atoms with Crippen LogP contribution in [0.3, 0.4) is 0 Å². The summed E-state index contributed by atoms with van der Waals surface area (Å²) in [4.78, 5) is 17.4. The fraction of sp³-hybridized carbons (Fsp3) is 0.370. The number of aliphatic hydroxyl groups excluding tert-OH is 1. The summed E-state index contributed by atoms with van der Waals surface area (Å²) in [5.74, 6) is -0.199. The van der Waals surface area contributed by atoms with Crippen molar-refractivity contribution in [2.24, 2.45) is 5.92 Å². The lowest BCUT2D eigenvalue weighted by atomic mass is 9.99. The Labute approximate surface area is 222 Å². The number of hydrogen-bond donors (Lipinski definition) is 2. The van der Waals surface area contributed by atoms with Gasteiger partial charge < -0.3 is 14.7 Å². The molecule has 37 heavy (non-hydrogen) atoms. The molecular formula is C27H33N3O5S2. The molecule has 10 heteroatoms. The van der Waals surface area contributed by atoms with Crippen molar-refractivity contribution < 1.29 is 23.1 Å². The number of aliphatic hydroxyl groups is 1. The standard InChI is InChI=1S/C27H33N3O5S2/c1-19-15-30(20(2)18-31)27(32)22-11-7-12-23(28-37(33,34)25-13-8-14-36-25)26(22)35-24(19)17-29(3)16-21-9-5-4-6-10-21/h4-14,19-20,24,28,31H,15-18H2,1-3H3/t19-,20+,24+/m0/s1. The van der Waals surface area contributed by atoms with Gasteiger partial charge in [-0.2, -0.15) is 0 Å². The molecule has 0 saturated carbocycles. The fourth-order valence-corrected chi connectivity index (χ4v) is 6.48. The number of hydrogen-bond acceptors (Lipinski definition) is 7. The van der Waals surface area contributed by atoms with E-state index in [0.717, 1.165) is 11.3 Å². The number of carbonyl (C=O) groups is 1. The van der Waals surface area contributed by atoms with Crippen LogP contribution in [0.4, 0.5) is 5.69 Å². The van der Waals surface area contributed by atoms with Gasteiger partial charge in [0.25, 0.3) is 15.9 Å². The van der Waals surface area contributed by atoms with E-state index in [0.29, 0.717) is 19.6 Å². The first-order valence-electron chi connectivity index (χ1n) is 12.2. The third-order valence-electron chi connectivity index (χ3n) is 6.48. The number of nitrogens with zero attached hydrogens (tertiary/aromatic N) is 2. The number of thiophene rings is 1. The third kappa shape index (κ3) is 6.32. The first-order valence-corrected chi connectivity index (χ1v) is 14.6. The number of fused-ring (bicyclic) bond motifs is 1. The van der Waals surface area contributed by atoms with Crippen LogP contribution in [0.1, 0.15) is 29.8 Å². The molecule has 0 saturated heterocycles. The largest absolute Gasteiger partial charge is 0.486 e. The molecule has 0 fully saturated rings. The average molecular weight is 544 g/mol. The van der Waals surface area contributed by atoms with Gasteiger partial charge in [0.1, 0.15) is 10.3 Å². The number of carbonyl (C=O) groups excluding carboxylic acids is 1. The molecule has 1 aromatic heterocycles. The van der Waals surface area contributed by atoms with Crippen molar-refractivity contribution in [3.05, 3.63) is 77.2 Å². The number of ether oxygens (including phenoxy) is 1. The minimum absolute atomic E-state index is 0.0914. The lowest BCUT2D eigenvalue weighted by molar-refractivity contribution is 0.0344. The van der Waals surface area contributed by atoms with E-state index < -0.39 is 16.1 Å².